The van der Waals surface area contributed by atoms with Crippen molar-refractivity contribution in [1.82, 2.24) is 0 Å². The van der Waals surface area contributed by atoms with Gasteiger partial charge in [-0.15, -0.1) is 0 Å². The molecule has 0 radical (unpaired) electrons. The van der Waals surface area contributed by atoms with Gasteiger partial charge < -0.3 is 10.5 Å². The predicted octanol–water partition coefficient (Wildman–Crippen LogP) is 3.66. The summed E-state index contributed by atoms with van der Waals surface area (Å²) in [6, 6.07) is 15.5. The first-order chi connectivity index (χ1) is 10.2. The van der Waals surface area contributed by atoms with Crippen LogP contribution in [0.15, 0.2) is 48.5 Å². The van der Waals surface area contributed by atoms with E-state index in [2.05, 4.69) is 11.8 Å². The lowest BCUT2D eigenvalue weighted by Gasteiger charge is -2.13. The number of benzene rings is 2. The monoisotopic (exact) mass is 299 g/mol. The first-order valence-electron chi connectivity index (χ1n) is 6.86. The van der Waals surface area contributed by atoms with E-state index >= 15 is 0 Å². The fourth-order valence-electron chi connectivity index (χ4n) is 1.97. The fourth-order valence-corrected chi connectivity index (χ4v) is 2.21. The summed E-state index contributed by atoms with van der Waals surface area (Å²) in [5.74, 6) is 6.81. The average Bonchev–Trinajstić information content (AvgIpc) is 2.47. The molecule has 2 N–H and O–H groups in total. The molecule has 0 amide bonds. The standard InChI is InChI=1S/C18H18ClNO/c1-14(20)13-16-17(19)10-5-11-18(16)21-12-6-9-15-7-3-2-4-8-15/h2-5,7-8,10-11,14H,12-13,20H2,1H3. The summed E-state index contributed by atoms with van der Waals surface area (Å²) in [6.07, 6.45) is 0.682. The number of rotatable bonds is 4. The molecule has 0 aliphatic rings. The molecule has 0 bridgehead atoms. The van der Waals surface area contributed by atoms with Gasteiger partial charge in [-0.1, -0.05) is 47.7 Å². The number of halogens is 1. The molecule has 108 valence electrons. The lowest BCUT2D eigenvalue weighted by Crippen LogP contribution is -2.18. The lowest BCUT2D eigenvalue weighted by molar-refractivity contribution is 0.365. The zero-order chi connectivity index (χ0) is 15.1. The van der Waals surface area contributed by atoms with Gasteiger partial charge in [0.1, 0.15) is 12.4 Å². The first-order valence-corrected chi connectivity index (χ1v) is 7.24. The molecule has 0 spiro atoms. The minimum atomic E-state index is 0.0302. The molecule has 1 unspecified atom stereocenters. The Labute approximate surface area is 130 Å². The molecular weight excluding hydrogens is 282 g/mol. The van der Waals surface area contributed by atoms with Crippen molar-refractivity contribution in [1.29, 1.82) is 0 Å². The Morgan fingerprint density at radius 2 is 1.90 bits per heavy atom. The van der Waals surface area contributed by atoms with Crippen LogP contribution in [0, 0.1) is 11.8 Å². The number of ether oxygens (including phenoxy) is 1. The Kier molecular flexibility index (Phi) is 5.68. The van der Waals surface area contributed by atoms with Crippen LogP contribution < -0.4 is 10.5 Å². The van der Waals surface area contributed by atoms with Crippen molar-refractivity contribution in [2.75, 3.05) is 6.61 Å². The van der Waals surface area contributed by atoms with E-state index in [-0.39, 0.29) is 6.04 Å². The summed E-state index contributed by atoms with van der Waals surface area (Å²) in [6.45, 7) is 2.27. The number of hydrogen-bond donors (Lipinski definition) is 1. The van der Waals surface area contributed by atoms with Crippen molar-refractivity contribution in [3.8, 4) is 17.6 Å². The minimum absolute atomic E-state index is 0.0302. The molecule has 0 aliphatic carbocycles. The molecule has 0 heterocycles. The van der Waals surface area contributed by atoms with Gasteiger partial charge in [-0.25, -0.2) is 0 Å². The van der Waals surface area contributed by atoms with Crippen molar-refractivity contribution in [2.24, 2.45) is 5.73 Å². The van der Waals surface area contributed by atoms with Crippen molar-refractivity contribution in [3.05, 3.63) is 64.7 Å². The van der Waals surface area contributed by atoms with Crippen molar-refractivity contribution in [3.63, 3.8) is 0 Å². The zero-order valence-corrected chi connectivity index (χ0v) is 12.7. The Balaban J connectivity index is 2.04. The van der Waals surface area contributed by atoms with E-state index in [1.165, 1.54) is 0 Å². The SMILES string of the molecule is CC(N)Cc1c(Cl)cccc1OCC#Cc1ccccc1. The van der Waals surface area contributed by atoms with Crippen molar-refractivity contribution >= 4 is 11.6 Å². The van der Waals surface area contributed by atoms with Crippen molar-refractivity contribution < 1.29 is 4.74 Å². The highest BCUT2D eigenvalue weighted by Crippen LogP contribution is 2.27. The van der Waals surface area contributed by atoms with Gasteiger partial charge in [0.25, 0.3) is 0 Å². The normalized spacial score (nSPS) is 11.4. The van der Waals surface area contributed by atoms with E-state index in [1.54, 1.807) is 0 Å². The van der Waals surface area contributed by atoms with E-state index in [0.29, 0.717) is 18.1 Å². The maximum atomic E-state index is 6.21. The highest BCUT2D eigenvalue weighted by atomic mass is 35.5. The van der Waals surface area contributed by atoms with Gasteiger partial charge in [0, 0.05) is 22.2 Å². The minimum Gasteiger partial charge on any atom is -0.481 e. The number of nitrogens with two attached hydrogens (primary N) is 1. The third-order valence-corrected chi connectivity index (χ3v) is 3.26. The average molecular weight is 300 g/mol. The summed E-state index contributed by atoms with van der Waals surface area (Å²) in [5.41, 5.74) is 7.77. The van der Waals surface area contributed by atoms with Crippen LogP contribution in [-0.2, 0) is 6.42 Å². The Morgan fingerprint density at radius 3 is 2.62 bits per heavy atom. The lowest BCUT2D eigenvalue weighted by atomic mass is 10.1. The summed E-state index contributed by atoms with van der Waals surface area (Å²) >= 11 is 6.21. The van der Waals surface area contributed by atoms with E-state index in [4.69, 9.17) is 22.1 Å². The summed E-state index contributed by atoms with van der Waals surface area (Å²) in [4.78, 5) is 0. The third-order valence-electron chi connectivity index (χ3n) is 2.91. The Hall–Kier alpha value is -1.95. The molecule has 0 aliphatic heterocycles. The molecule has 2 rings (SSSR count). The molecule has 0 saturated heterocycles. The van der Waals surface area contributed by atoms with E-state index in [9.17, 15) is 0 Å². The Morgan fingerprint density at radius 1 is 1.14 bits per heavy atom. The van der Waals surface area contributed by atoms with E-state index in [0.717, 1.165) is 16.9 Å². The van der Waals surface area contributed by atoms with Gasteiger partial charge in [0.2, 0.25) is 0 Å². The third kappa shape index (κ3) is 4.82. The predicted molar refractivity (Wildman–Crippen MR) is 87.6 cm³/mol. The van der Waals surface area contributed by atoms with Gasteiger partial charge in [0.05, 0.1) is 0 Å². The van der Waals surface area contributed by atoms with Crippen LogP contribution in [0.25, 0.3) is 0 Å². The molecule has 21 heavy (non-hydrogen) atoms. The van der Waals surface area contributed by atoms with Crippen LogP contribution in [0.4, 0.5) is 0 Å². The fraction of sp³-hybridized carbons (Fsp3) is 0.222. The highest BCUT2D eigenvalue weighted by Gasteiger charge is 2.09. The molecular formula is C18H18ClNO. The smallest absolute Gasteiger partial charge is 0.149 e. The van der Waals surface area contributed by atoms with Gasteiger partial charge in [-0.3, -0.25) is 0 Å². The first kappa shape index (κ1) is 15.4. The van der Waals surface area contributed by atoms with Crippen LogP contribution in [0.5, 0.6) is 5.75 Å². The summed E-state index contributed by atoms with van der Waals surface area (Å²) in [7, 11) is 0. The second kappa shape index (κ2) is 7.73. The van der Waals surface area contributed by atoms with Crippen LogP contribution >= 0.6 is 11.6 Å². The van der Waals surface area contributed by atoms with Crippen molar-refractivity contribution in [2.45, 2.75) is 19.4 Å². The van der Waals surface area contributed by atoms with E-state index in [1.807, 2.05) is 55.5 Å². The molecule has 2 aromatic rings. The number of hydrogen-bond acceptors (Lipinski definition) is 2. The van der Waals surface area contributed by atoms with Gasteiger partial charge in [0.15, 0.2) is 0 Å². The molecule has 0 aromatic heterocycles. The quantitative estimate of drug-likeness (QED) is 0.875. The maximum absolute atomic E-state index is 6.21. The maximum Gasteiger partial charge on any atom is 0.149 e. The molecule has 1 atom stereocenters. The molecule has 0 fully saturated rings. The van der Waals surface area contributed by atoms with Crippen LogP contribution in [-0.4, -0.2) is 12.6 Å². The van der Waals surface area contributed by atoms with Crippen LogP contribution in [0.1, 0.15) is 18.1 Å². The second-order valence-electron chi connectivity index (χ2n) is 4.85. The molecule has 2 nitrogen and oxygen atoms in total. The second-order valence-corrected chi connectivity index (χ2v) is 5.26. The van der Waals surface area contributed by atoms with Gasteiger partial charge in [-0.2, -0.15) is 0 Å². The van der Waals surface area contributed by atoms with Gasteiger partial charge >= 0.3 is 0 Å². The van der Waals surface area contributed by atoms with Gasteiger partial charge in [-0.05, 0) is 37.6 Å². The Bertz CT molecular complexity index is 641. The largest absolute Gasteiger partial charge is 0.481 e. The zero-order valence-electron chi connectivity index (χ0n) is 12.0. The summed E-state index contributed by atoms with van der Waals surface area (Å²) in [5, 5.41) is 0.681. The summed E-state index contributed by atoms with van der Waals surface area (Å²) < 4.78 is 5.73. The van der Waals surface area contributed by atoms with Crippen LogP contribution in [0.3, 0.4) is 0 Å². The molecule has 2 aromatic carbocycles. The van der Waals surface area contributed by atoms with E-state index < -0.39 is 0 Å². The topological polar surface area (TPSA) is 35.2 Å². The molecule has 3 heteroatoms. The molecule has 0 saturated carbocycles. The van der Waals surface area contributed by atoms with Crippen LogP contribution in [0.2, 0.25) is 5.02 Å². The highest BCUT2D eigenvalue weighted by molar-refractivity contribution is 6.31.